The van der Waals surface area contributed by atoms with Crippen LogP contribution < -0.4 is 10.1 Å². The number of nitrogens with one attached hydrogen (secondary N) is 1. The van der Waals surface area contributed by atoms with Gasteiger partial charge in [0.15, 0.2) is 10.4 Å². The number of ether oxygens (including phenoxy) is 1. The first-order valence-electron chi connectivity index (χ1n) is 9.68. The first kappa shape index (κ1) is 20.4. The highest BCUT2D eigenvalue weighted by Gasteiger charge is 2.20. The second-order valence-electron chi connectivity index (χ2n) is 6.66. The Morgan fingerprint density at radius 3 is 2.60 bits per heavy atom. The van der Waals surface area contributed by atoms with Crippen molar-refractivity contribution in [3.8, 4) is 5.75 Å². The molecule has 4 aromatic rings. The van der Waals surface area contributed by atoms with Crippen molar-refractivity contribution in [1.82, 2.24) is 10.2 Å². The minimum Gasteiger partial charge on any atom is -0.481 e. The van der Waals surface area contributed by atoms with Crippen molar-refractivity contribution in [1.29, 1.82) is 0 Å². The molecular weight excluding hydrogens is 414 g/mol. The number of nitrogens with zero attached hydrogens (tertiary/aromatic N) is 2. The number of amides is 1. The molecule has 1 unspecified atom stereocenters. The Labute approximate surface area is 183 Å². The number of hydrogen-bond acceptors (Lipinski definition) is 6. The van der Waals surface area contributed by atoms with E-state index in [-0.39, 0.29) is 5.91 Å². The van der Waals surface area contributed by atoms with Crippen LogP contribution in [0.4, 0.5) is 5.13 Å². The molecule has 0 saturated carbocycles. The van der Waals surface area contributed by atoms with Gasteiger partial charge in [0.25, 0.3) is 5.91 Å². The van der Waals surface area contributed by atoms with Crippen LogP contribution in [0.3, 0.4) is 0 Å². The quantitative estimate of drug-likeness (QED) is 0.281. The minimum atomic E-state index is -0.601. The van der Waals surface area contributed by atoms with Gasteiger partial charge in [0, 0.05) is 5.75 Å². The Hall–Kier alpha value is -2.90. The van der Waals surface area contributed by atoms with Crippen LogP contribution in [0.2, 0.25) is 0 Å². The van der Waals surface area contributed by atoms with Crippen LogP contribution in [0, 0.1) is 0 Å². The normalized spacial score (nSPS) is 11.9. The lowest BCUT2D eigenvalue weighted by molar-refractivity contribution is -0.122. The maximum Gasteiger partial charge on any atom is 0.267 e. The van der Waals surface area contributed by atoms with E-state index < -0.39 is 6.10 Å². The molecule has 152 valence electrons. The van der Waals surface area contributed by atoms with Crippen LogP contribution in [0.1, 0.15) is 18.9 Å². The molecule has 0 bridgehead atoms. The largest absolute Gasteiger partial charge is 0.481 e. The molecule has 0 fully saturated rings. The fraction of sp³-hybridized carbons (Fsp3) is 0.174. The van der Waals surface area contributed by atoms with Crippen molar-refractivity contribution in [3.63, 3.8) is 0 Å². The smallest absolute Gasteiger partial charge is 0.267 e. The van der Waals surface area contributed by atoms with E-state index in [2.05, 4.69) is 27.6 Å². The second-order valence-corrected chi connectivity index (χ2v) is 8.86. The maximum absolute atomic E-state index is 12.7. The van der Waals surface area contributed by atoms with Gasteiger partial charge in [-0.15, -0.1) is 10.2 Å². The van der Waals surface area contributed by atoms with Crippen molar-refractivity contribution in [3.05, 3.63) is 78.4 Å². The summed E-state index contributed by atoms with van der Waals surface area (Å²) in [6, 6.07) is 24.1. The third-order valence-corrected chi connectivity index (χ3v) is 6.55. The van der Waals surface area contributed by atoms with Crippen LogP contribution in [-0.4, -0.2) is 22.2 Å². The zero-order chi connectivity index (χ0) is 20.8. The summed E-state index contributed by atoms with van der Waals surface area (Å²) in [7, 11) is 0. The molecule has 5 nitrogen and oxygen atoms in total. The summed E-state index contributed by atoms with van der Waals surface area (Å²) in [5.74, 6) is 1.26. The molecule has 1 atom stereocenters. The molecular formula is C23H21N3O2S2. The van der Waals surface area contributed by atoms with Gasteiger partial charge in [-0.3, -0.25) is 10.1 Å². The van der Waals surface area contributed by atoms with Crippen LogP contribution in [0.25, 0.3) is 10.8 Å². The van der Waals surface area contributed by atoms with Crippen LogP contribution in [0.15, 0.2) is 77.1 Å². The van der Waals surface area contributed by atoms with Gasteiger partial charge < -0.3 is 4.74 Å². The lowest BCUT2D eigenvalue weighted by Gasteiger charge is -2.16. The van der Waals surface area contributed by atoms with Gasteiger partial charge >= 0.3 is 0 Å². The van der Waals surface area contributed by atoms with Crippen LogP contribution >= 0.6 is 23.1 Å². The first-order valence-corrected chi connectivity index (χ1v) is 11.5. The number of anilines is 1. The Morgan fingerprint density at radius 1 is 1.03 bits per heavy atom. The van der Waals surface area contributed by atoms with E-state index in [0.29, 0.717) is 17.3 Å². The predicted molar refractivity (Wildman–Crippen MR) is 123 cm³/mol. The number of benzene rings is 3. The topological polar surface area (TPSA) is 64.1 Å². The summed E-state index contributed by atoms with van der Waals surface area (Å²) in [4.78, 5) is 12.7. The number of rotatable bonds is 8. The second kappa shape index (κ2) is 9.73. The highest BCUT2D eigenvalue weighted by molar-refractivity contribution is 8.00. The summed E-state index contributed by atoms with van der Waals surface area (Å²) >= 11 is 2.97. The average molecular weight is 436 g/mol. The maximum atomic E-state index is 12.7. The molecule has 0 saturated heterocycles. The molecule has 4 rings (SSSR count). The van der Waals surface area contributed by atoms with Crippen molar-refractivity contribution in [2.24, 2.45) is 0 Å². The Morgan fingerprint density at radius 2 is 1.80 bits per heavy atom. The number of aromatic nitrogens is 2. The van der Waals surface area contributed by atoms with E-state index in [9.17, 15) is 4.79 Å². The number of fused-ring (bicyclic) bond motifs is 1. The fourth-order valence-corrected chi connectivity index (χ4v) is 4.66. The lowest BCUT2D eigenvalue weighted by atomic mass is 10.1. The van der Waals surface area contributed by atoms with Crippen molar-refractivity contribution in [2.75, 3.05) is 5.32 Å². The fourth-order valence-electron chi connectivity index (χ4n) is 2.95. The molecule has 7 heteroatoms. The predicted octanol–water partition coefficient (Wildman–Crippen LogP) is 5.78. The molecule has 3 aromatic carbocycles. The SMILES string of the molecule is CCC(Oc1ccc2ccccc2c1)C(=O)Nc1nnc(SCc2ccccc2)s1. The zero-order valence-electron chi connectivity index (χ0n) is 16.4. The van der Waals surface area contributed by atoms with Gasteiger partial charge in [-0.25, -0.2) is 0 Å². The van der Waals surface area contributed by atoms with E-state index in [4.69, 9.17) is 4.74 Å². The summed E-state index contributed by atoms with van der Waals surface area (Å²) < 4.78 is 6.77. The van der Waals surface area contributed by atoms with Crippen molar-refractivity contribution in [2.45, 2.75) is 29.5 Å². The number of carbonyl (C=O) groups is 1. The third kappa shape index (κ3) is 5.17. The lowest BCUT2D eigenvalue weighted by Crippen LogP contribution is -2.32. The molecule has 1 amide bonds. The van der Waals surface area contributed by atoms with E-state index in [0.717, 1.165) is 20.9 Å². The van der Waals surface area contributed by atoms with Gasteiger partial charge in [-0.1, -0.05) is 90.7 Å². The van der Waals surface area contributed by atoms with E-state index in [1.165, 1.54) is 16.9 Å². The molecule has 0 aliphatic heterocycles. The van der Waals surface area contributed by atoms with Crippen LogP contribution in [0.5, 0.6) is 5.75 Å². The van der Waals surface area contributed by atoms with Gasteiger partial charge in [0.05, 0.1) is 0 Å². The summed E-state index contributed by atoms with van der Waals surface area (Å²) in [6.45, 7) is 1.92. The Bertz CT molecular complexity index is 1130. The average Bonchev–Trinajstić information content (AvgIpc) is 3.23. The van der Waals surface area contributed by atoms with E-state index in [1.54, 1.807) is 11.8 Å². The molecule has 1 heterocycles. The monoisotopic (exact) mass is 435 g/mol. The highest BCUT2D eigenvalue weighted by Crippen LogP contribution is 2.28. The van der Waals surface area contributed by atoms with Crippen molar-refractivity contribution >= 4 is 44.9 Å². The molecule has 1 N–H and O–H groups in total. The molecule has 1 aromatic heterocycles. The van der Waals surface area contributed by atoms with Gasteiger partial charge in [0.1, 0.15) is 5.75 Å². The molecule has 0 aliphatic carbocycles. The number of hydrogen-bond donors (Lipinski definition) is 1. The standard InChI is InChI=1S/C23H21N3O2S2/c1-2-20(28-19-13-12-17-10-6-7-11-18(17)14-19)21(27)24-22-25-26-23(30-22)29-15-16-8-4-3-5-9-16/h3-14,20H,2,15H2,1H3,(H,24,25,27). The van der Waals surface area contributed by atoms with Gasteiger partial charge in [-0.05, 0) is 34.9 Å². The number of carbonyl (C=O) groups excluding carboxylic acids is 1. The first-order chi connectivity index (χ1) is 14.7. The Kier molecular flexibility index (Phi) is 6.61. The summed E-state index contributed by atoms with van der Waals surface area (Å²) in [5.41, 5.74) is 1.22. The molecule has 30 heavy (non-hydrogen) atoms. The van der Waals surface area contributed by atoms with E-state index in [1.807, 2.05) is 67.6 Å². The minimum absolute atomic E-state index is 0.221. The van der Waals surface area contributed by atoms with Crippen LogP contribution in [-0.2, 0) is 10.5 Å². The molecule has 0 aliphatic rings. The van der Waals surface area contributed by atoms with Crippen molar-refractivity contribution < 1.29 is 9.53 Å². The summed E-state index contributed by atoms with van der Waals surface area (Å²) in [5, 5.41) is 13.8. The highest BCUT2D eigenvalue weighted by atomic mass is 32.2. The van der Waals surface area contributed by atoms with E-state index >= 15 is 0 Å². The molecule has 0 spiro atoms. The third-order valence-electron chi connectivity index (χ3n) is 4.50. The molecule has 0 radical (unpaired) electrons. The van der Waals surface area contributed by atoms with Gasteiger partial charge in [-0.2, -0.15) is 0 Å². The zero-order valence-corrected chi connectivity index (χ0v) is 18.1. The number of thioether (sulfide) groups is 1. The summed E-state index contributed by atoms with van der Waals surface area (Å²) in [6.07, 6.45) is -0.0527. The Balaban J connectivity index is 1.36. The van der Waals surface area contributed by atoms with Gasteiger partial charge in [0.2, 0.25) is 5.13 Å².